The summed E-state index contributed by atoms with van der Waals surface area (Å²) in [5, 5.41) is 4.30. The smallest absolute Gasteiger partial charge is 0.254 e. The monoisotopic (exact) mass is 375 g/mol. The lowest BCUT2D eigenvalue weighted by Crippen LogP contribution is -2.27. The van der Waals surface area contributed by atoms with E-state index in [9.17, 15) is 4.79 Å². The predicted molar refractivity (Wildman–Crippen MR) is 90.0 cm³/mol. The predicted octanol–water partition coefficient (Wildman–Crippen LogP) is 2.59. The second-order valence-electron chi connectivity index (χ2n) is 4.95. The third kappa shape index (κ3) is 2.85. The fourth-order valence-corrected chi connectivity index (χ4v) is 2.47. The molecule has 0 aliphatic rings. The van der Waals surface area contributed by atoms with Gasteiger partial charge in [-0.15, -0.1) is 11.7 Å². The molecule has 0 saturated carbocycles. The SMILES string of the molecule is C=CCN(C)C(=O)c1cc(N)n2nc(-c3ccc(Br)o3)nc2c1. The van der Waals surface area contributed by atoms with E-state index in [0.29, 0.717) is 39.8 Å². The lowest BCUT2D eigenvalue weighted by molar-refractivity contribution is 0.0810. The van der Waals surface area contributed by atoms with Crippen LogP contribution in [0.15, 0.2) is 46.0 Å². The number of carbonyl (C=O) groups excluding carboxylic acids is 1. The minimum atomic E-state index is -0.163. The molecule has 8 heteroatoms. The van der Waals surface area contributed by atoms with Crippen LogP contribution in [0.3, 0.4) is 0 Å². The summed E-state index contributed by atoms with van der Waals surface area (Å²) in [6, 6.07) is 6.72. The normalized spacial score (nSPS) is 10.9. The van der Waals surface area contributed by atoms with Crippen LogP contribution >= 0.6 is 15.9 Å². The molecule has 0 bridgehead atoms. The van der Waals surface area contributed by atoms with Crippen molar-refractivity contribution >= 4 is 33.3 Å². The number of hydrogen-bond donors (Lipinski definition) is 1. The third-order valence-electron chi connectivity index (χ3n) is 3.25. The zero-order valence-electron chi connectivity index (χ0n) is 12.4. The minimum Gasteiger partial charge on any atom is -0.446 e. The Morgan fingerprint density at radius 3 is 2.96 bits per heavy atom. The van der Waals surface area contributed by atoms with Gasteiger partial charge < -0.3 is 15.1 Å². The number of likely N-dealkylation sites (N-methyl/N-ethyl adjacent to an activating group) is 1. The summed E-state index contributed by atoms with van der Waals surface area (Å²) in [7, 11) is 1.69. The molecule has 0 aliphatic heterocycles. The largest absolute Gasteiger partial charge is 0.446 e. The Morgan fingerprint density at radius 2 is 2.30 bits per heavy atom. The van der Waals surface area contributed by atoms with E-state index in [4.69, 9.17) is 10.2 Å². The van der Waals surface area contributed by atoms with Gasteiger partial charge in [0, 0.05) is 19.2 Å². The molecule has 0 unspecified atom stereocenters. The molecule has 0 atom stereocenters. The molecule has 0 aromatic carbocycles. The number of aromatic nitrogens is 3. The van der Waals surface area contributed by atoms with Gasteiger partial charge in [0.15, 0.2) is 16.1 Å². The molecule has 1 amide bonds. The number of rotatable bonds is 4. The van der Waals surface area contributed by atoms with E-state index in [1.54, 1.807) is 42.3 Å². The van der Waals surface area contributed by atoms with E-state index in [1.807, 2.05) is 0 Å². The second kappa shape index (κ2) is 5.88. The van der Waals surface area contributed by atoms with Crippen LogP contribution in [0, 0.1) is 0 Å². The summed E-state index contributed by atoms with van der Waals surface area (Å²) < 4.78 is 7.49. The van der Waals surface area contributed by atoms with E-state index in [0.717, 1.165) is 0 Å². The number of nitrogen functional groups attached to an aromatic ring is 1. The van der Waals surface area contributed by atoms with Crippen LogP contribution in [0.1, 0.15) is 10.4 Å². The number of hydrogen-bond acceptors (Lipinski definition) is 5. The quantitative estimate of drug-likeness (QED) is 0.707. The summed E-state index contributed by atoms with van der Waals surface area (Å²) in [6.45, 7) is 4.07. The maximum absolute atomic E-state index is 12.4. The Hall–Kier alpha value is -2.61. The van der Waals surface area contributed by atoms with Gasteiger partial charge in [0.05, 0.1) is 0 Å². The van der Waals surface area contributed by atoms with Crippen molar-refractivity contribution in [3.05, 3.63) is 47.2 Å². The highest BCUT2D eigenvalue weighted by atomic mass is 79.9. The summed E-state index contributed by atoms with van der Waals surface area (Å²) in [4.78, 5) is 18.3. The zero-order valence-corrected chi connectivity index (χ0v) is 13.9. The van der Waals surface area contributed by atoms with Crippen LogP contribution in [0.25, 0.3) is 17.2 Å². The molecule has 23 heavy (non-hydrogen) atoms. The maximum atomic E-state index is 12.4. The Labute approximate surface area is 140 Å². The molecule has 3 aromatic rings. The number of carbonyl (C=O) groups is 1. The van der Waals surface area contributed by atoms with Crippen molar-refractivity contribution in [1.29, 1.82) is 0 Å². The summed E-state index contributed by atoms with van der Waals surface area (Å²) in [6.07, 6.45) is 1.66. The van der Waals surface area contributed by atoms with Crippen LogP contribution in [0.4, 0.5) is 5.82 Å². The molecule has 0 saturated heterocycles. The van der Waals surface area contributed by atoms with Crippen molar-refractivity contribution in [2.45, 2.75) is 0 Å². The molecule has 3 aromatic heterocycles. The van der Waals surface area contributed by atoms with Gasteiger partial charge in [-0.05, 0) is 40.2 Å². The number of fused-ring (bicyclic) bond motifs is 1. The molecule has 118 valence electrons. The van der Waals surface area contributed by atoms with E-state index in [-0.39, 0.29) is 5.91 Å². The third-order valence-corrected chi connectivity index (χ3v) is 3.68. The Bertz CT molecular complexity index is 899. The standard InChI is InChI=1S/C15H14BrN5O2/c1-3-6-20(2)15(22)9-7-12(17)21-13(8-9)18-14(19-21)10-4-5-11(16)23-10/h3-5,7-8H,1,6,17H2,2H3. The van der Waals surface area contributed by atoms with Gasteiger partial charge in [0.1, 0.15) is 5.82 Å². The van der Waals surface area contributed by atoms with E-state index >= 15 is 0 Å². The van der Waals surface area contributed by atoms with Crippen LogP contribution in [-0.4, -0.2) is 39.0 Å². The fraction of sp³-hybridized carbons (Fsp3) is 0.133. The molecular weight excluding hydrogens is 362 g/mol. The number of furan rings is 1. The number of nitrogens with two attached hydrogens (primary N) is 1. The highest BCUT2D eigenvalue weighted by Crippen LogP contribution is 2.24. The van der Waals surface area contributed by atoms with Gasteiger partial charge in [-0.25, -0.2) is 4.98 Å². The van der Waals surface area contributed by atoms with Crippen molar-refractivity contribution in [2.24, 2.45) is 0 Å². The number of halogens is 1. The molecule has 0 fully saturated rings. The van der Waals surface area contributed by atoms with Crippen molar-refractivity contribution in [3.8, 4) is 11.6 Å². The minimum absolute atomic E-state index is 0.163. The average Bonchev–Trinajstić information content (AvgIpc) is 3.12. The molecule has 0 radical (unpaired) electrons. The molecule has 2 N–H and O–H groups in total. The van der Waals surface area contributed by atoms with Crippen LogP contribution < -0.4 is 5.73 Å². The van der Waals surface area contributed by atoms with Gasteiger partial charge in [0.2, 0.25) is 5.82 Å². The Balaban J connectivity index is 2.04. The molecular formula is C15H14BrN5O2. The summed E-state index contributed by atoms with van der Waals surface area (Å²) in [5.41, 5.74) is 6.91. The lowest BCUT2D eigenvalue weighted by Gasteiger charge is -2.15. The molecule has 3 rings (SSSR count). The van der Waals surface area contributed by atoms with Gasteiger partial charge in [-0.2, -0.15) is 4.52 Å². The number of anilines is 1. The highest BCUT2D eigenvalue weighted by molar-refractivity contribution is 9.10. The summed E-state index contributed by atoms with van der Waals surface area (Å²) in [5.74, 6) is 1.06. The van der Waals surface area contributed by atoms with Crippen molar-refractivity contribution in [3.63, 3.8) is 0 Å². The second-order valence-corrected chi connectivity index (χ2v) is 5.73. The first-order chi connectivity index (χ1) is 11.0. The first-order valence-corrected chi connectivity index (χ1v) is 7.57. The Kier molecular flexibility index (Phi) is 3.91. The zero-order chi connectivity index (χ0) is 16.6. The van der Waals surface area contributed by atoms with Crippen LogP contribution in [-0.2, 0) is 0 Å². The Morgan fingerprint density at radius 1 is 1.52 bits per heavy atom. The highest BCUT2D eigenvalue weighted by Gasteiger charge is 2.16. The number of nitrogens with zero attached hydrogens (tertiary/aromatic N) is 4. The van der Waals surface area contributed by atoms with Crippen LogP contribution in [0.2, 0.25) is 0 Å². The van der Waals surface area contributed by atoms with E-state index < -0.39 is 0 Å². The number of pyridine rings is 1. The average molecular weight is 376 g/mol. The van der Waals surface area contributed by atoms with Gasteiger partial charge in [-0.3, -0.25) is 4.79 Å². The van der Waals surface area contributed by atoms with Gasteiger partial charge >= 0.3 is 0 Å². The first kappa shape index (κ1) is 15.3. The topological polar surface area (TPSA) is 89.7 Å². The van der Waals surface area contributed by atoms with E-state index in [1.165, 1.54) is 4.52 Å². The fourth-order valence-electron chi connectivity index (χ4n) is 2.17. The summed E-state index contributed by atoms with van der Waals surface area (Å²) >= 11 is 3.24. The lowest BCUT2D eigenvalue weighted by atomic mass is 10.2. The van der Waals surface area contributed by atoms with Crippen molar-refractivity contribution in [1.82, 2.24) is 19.5 Å². The van der Waals surface area contributed by atoms with Crippen molar-refractivity contribution < 1.29 is 9.21 Å². The van der Waals surface area contributed by atoms with Gasteiger partial charge in [0.25, 0.3) is 5.91 Å². The first-order valence-electron chi connectivity index (χ1n) is 6.78. The molecule has 0 aliphatic carbocycles. The van der Waals surface area contributed by atoms with Crippen LogP contribution in [0.5, 0.6) is 0 Å². The van der Waals surface area contributed by atoms with Gasteiger partial charge in [-0.1, -0.05) is 6.08 Å². The molecule has 3 heterocycles. The molecule has 7 nitrogen and oxygen atoms in total. The molecule has 0 spiro atoms. The van der Waals surface area contributed by atoms with E-state index in [2.05, 4.69) is 32.6 Å². The van der Waals surface area contributed by atoms with Crippen molar-refractivity contribution in [2.75, 3.05) is 19.3 Å². The maximum Gasteiger partial charge on any atom is 0.254 e. The number of amides is 1.